The first kappa shape index (κ1) is 15.5. The van der Waals surface area contributed by atoms with Gasteiger partial charge in [-0.05, 0) is 37.0 Å². The van der Waals surface area contributed by atoms with Crippen LogP contribution in [0.15, 0.2) is 35.3 Å². The van der Waals surface area contributed by atoms with E-state index in [9.17, 15) is 0 Å². The second kappa shape index (κ2) is 7.23. The van der Waals surface area contributed by atoms with Crippen LogP contribution in [-0.2, 0) is 0 Å². The van der Waals surface area contributed by atoms with Crippen molar-refractivity contribution >= 4 is 33.1 Å². The lowest BCUT2D eigenvalue weighted by molar-refractivity contribution is 0.283. The first-order valence-corrected chi connectivity index (χ1v) is 8.14. The number of benzene rings is 1. The SMILES string of the molecule is C=CCOc1ccc(Br)cc1C(=S)N1CCC(C)CC1. The molecule has 2 nitrogen and oxygen atoms in total. The predicted molar refractivity (Wildman–Crippen MR) is 91.5 cm³/mol. The van der Waals surface area contributed by atoms with Crippen LogP contribution in [0.2, 0.25) is 0 Å². The highest BCUT2D eigenvalue weighted by Gasteiger charge is 2.21. The van der Waals surface area contributed by atoms with Gasteiger partial charge >= 0.3 is 0 Å². The predicted octanol–water partition coefficient (Wildman–Crippen LogP) is 4.42. The van der Waals surface area contributed by atoms with E-state index in [-0.39, 0.29) is 0 Å². The third kappa shape index (κ3) is 3.83. The molecule has 1 aromatic carbocycles. The van der Waals surface area contributed by atoms with Crippen LogP contribution in [0.4, 0.5) is 0 Å². The molecule has 1 saturated heterocycles. The van der Waals surface area contributed by atoms with Gasteiger partial charge in [-0.25, -0.2) is 0 Å². The molecule has 1 aliphatic rings. The summed E-state index contributed by atoms with van der Waals surface area (Å²) in [6.45, 7) is 8.56. The van der Waals surface area contributed by atoms with E-state index in [1.54, 1.807) is 6.08 Å². The number of nitrogens with zero attached hydrogens (tertiary/aromatic N) is 1. The Morgan fingerprint density at radius 2 is 2.20 bits per heavy atom. The van der Waals surface area contributed by atoms with E-state index in [4.69, 9.17) is 17.0 Å². The van der Waals surface area contributed by atoms with E-state index in [1.807, 2.05) is 18.2 Å². The lowest BCUT2D eigenvalue weighted by Gasteiger charge is -2.32. The summed E-state index contributed by atoms with van der Waals surface area (Å²) in [6, 6.07) is 5.98. The van der Waals surface area contributed by atoms with Crippen LogP contribution in [0.25, 0.3) is 0 Å². The van der Waals surface area contributed by atoms with Gasteiger partial charge in [-0.1, -0.05) is 47.7 Å². The second-order valence-electron chi connectivity index (χ2n) is 5.21. The molecular formula is C16H20BrNOS. The molecule has 0 amide bonds. The monoisotopic (exact) mass is 353 g/mol. The summed E-state index contributed by atoms with van der Waals surface area (Å²) in [7, 11) is 0. The molecule has 0 saturated carbocycles. The molecule has 1 aliphatic heterocycles. The Labute approximate surface area is 134 Å². The molecule has 0 atom stereocenters. The molecular weight excluding hydrogens is 334 g/mol. The first-order chi connectivity index (χ1) is 9.61. The minimum Gasteiger partial charge on any atom is -0.489 e. The van der Waals surface area contributed by atoms with Crippen molar-refractivity contribution in [1.82, 2.24) is 4.90 Å². The molecule has 0 spiro atoms. The average Bonchev–Trinajstić information content (AvgIpc) is 2.46. The van der Waals surface area contributed by atoms with Gasteiger partial charge in [-0.2, -0.15) is 0 Å². The lowest BCUT2D eigenvalue weighted by Crippen LogP contribution is -2.37. The fraction of sp³-hybridized carbons (Fsp3) is 0.438. The summed E-state index contributed by atoms with van der Waals surface area (Å²) in [5.74, 6) is 1.63. The minimum absolute atomic E-state index is 0.494. The van der Waals surface area contributed by atoms with Crippen LogP contribution in [0.1, 0.15) is 25.3 Å². The van der Waals surface area contributed by atoms with Crippen molar-refractivity contribution in [2.45, 2.75) is 19.8 Å². The number of halogens is 1. The molecule has 0 N–H and O–H groups in total. The highest BCUT2D eigenvalue weighted by molar-refractivity contribution is 9.10. The zero-order valence-corrected chi connectivity index (χ0v) is 14.2. The number of hydrogen-bond acceptors (Lipinski definition) is 2. The van der Waals surface area contributed by atoms with Gasteiger partial charge < -0.3 is 9.64 Å². The number of hydrogen-bond donors (Lipinski definition) is 0. The van der Waals surface area contributed by atoms with E-state index in [0.717, 1.165) is 39.8 Å². The highest BCUT2D eigenvalue weighted by Crippen LogP contribution is 2.27. The summed E-state index contributed by atoms with van der Waals surface area (Å²) in [5.41, 5.74) is 0.991. The quantitative estimate of drug-likeness (QED) is 0.587. The maximum Gasteiger partial charge on any atom is 0.130 e. The molecule has 0 aromatic heterocycles. The standard InChI is InChI=1S/C16H20BrNOS/c1-3-10-19-15-5-4-13(17)11-14(15)16(20)18-8-6-12(2)7-9-18/h3-5,11-12H,1,6-10H2,2H3. The van der Waals surface area contributed by atoms with Crippen molar-refractivity contribution in [1.29, 1.82) is 0 Å². The molecule has 0 bridgehead atoms. The van der Waals surface area contributed by atoms with E-state index in [1.165, 1.54) is 12.8 Å². The highest BCUT2D eigenvalue weighted by atomic mass is 79.9. The molecule has 1 fully saturated rings. The van der Waals surface area contributed by atoms with Crippen LogP contribution in [0.5, 0.6) is 5.75 Å². The fourth-order valence-electron chi connectivity index (χ4n) is 2.33. The Morgan fingerprint density at radius 3 is 2.85 bits per heavy atom. The Hall–Kier alpha value is -0.870. The van der Waals surface area contributed by atoms with E-state index < -0.39 is 0 Å². The molecule has 0 radical (unpaired) electrons. The average molecular weight is 354 g/mol. The number of likely N-dealkylation sites (tertiary alicyclic amines) is 1. The van der Waals surface area contributed by atoms with Gasteiger partial charge in [-0.3, -0.25) is 0 Å². The maximum atomic E-state index is 5.72. The number of ether oxygens (including phenoxy) is 1. The minimum atomic E-state index is 0.494. The van der Waals surface area contributed by atoms with Gasteiger partial charge in [0.2, 0.25) is 0 Å². The topological polar surface area (TPSA) is 12.5 Å². The normalized spacial score (nSPS) is 16.0. The Bertz CT molecular complexity index is 495. The molecule has 4 heteroatoms. The number of rotatable bonds is 4. The Kier molecular flexibility index (Phi) is 5.61. The fourth-order valence-corrected chi connectivity index (χ4v) is 3.03. The van der Waals surface area contributed by atoms with Crippen LogP contribution < -0.4 is 4.74 Å². The van der Waals surface area contributed by atoms with Crippen LogP contribution in [0.3, 0.4) is 0 Å². The third-order valence-corrected chi connectivity index (χ3v) is 4.57. The van der Waals surface area contributed by atoms with Gasteiger partial charge in [0, 0.05) is 17.6 Å². The number of thiocarbonyl (C=S) groups is 1. The molecule has 0 aliphatic carbocycles. The van der Waals surface area contributed by atoms with Crippen molar-refractivity contribution < 1.29 is 4.74 Å². The van der Waals surface area contributed by atoms with Gasteiger partial charge in [0.05, 0.1) is 5.56 Å². The third-order valence-electron chi connectivity index (χ3n) is 3.60. The summed E-state index contributed by atoms with van der Waals surface area (Å²) >= 11 is 9.19. The van der Waals surface area contributed by atoms with Crippen LogP contribution in [0, 0.1) is 5.92 Å². The first-order valence-electron chi connectivity index (χ1n) is 6.94. The van der Waals surface area contributed by atoms with Crippen molar-refractivity contribution in [3.8, 4) is 5.75 Å². The number of piperidine rings is 1. The van der Waals surface area contributed by atoms with Crippen molar-refractivity contribution in [2.75, 3.05) is 19.7 Å². The van der Waals surface area contributed by atoms with Crippen LogP contribution in [-0.4, -0.2) is 29.6 Å². The summed E-state index contributed by atoms with van der Waals surface area (Å²) in [5, 5.41) is 0. The van der Waals surface area contributed by atoms with Gasteiger partial charge in [0.15, 0.2) is 0 Å². The molecule has 1 aromatic rings. The van der Waals surface area contributed by atoms with Gasteiger partial charge in [0.25, 0.3) is 0 Å². The molecule has 20 heavy (non-hydrogen) atoms. The van der Waals surface area contributed by atoms with Crippen LogP contribution >= 0.6 is 28.1 Å². The Morgan fingerprint density at radius 1 is 1.50 bits per heavy atom. The zero-order valence-electron chi connectivity index (χ0n) is 11.8. The summed E-state index contributed by atoms with van der Waals surface area (Å²) in [6.07, 6.45) is 4.16. The largest absolute Gasteiger partial charge is 0.489 e. The molecule has 2 rings (SSSR count). The van der Waals surface area contributed by atoms with Crippen molar-refractivity contribution in [3.63, 3.8) is 0 Å². The van der Waals surface area contributed by atoms with E-state index >= 15 is 0 Å². The van der Waals surface area contributed by atoms with Crippen molar-refractivity contribution in [3.05, 3.63) is 40.9 Å². The maximum absolute atomic E-state index is 5.72. The lowest BCUT2D eigenvalue weighted by atomic mass is 9.99. The van der Waals surface area contributed by atoms with Gasteiger partial charge in [-0.15, -0.1) is 0 Å². The molecule has 0 unspecified atom stereocenters. The van der Waals surface area contributed by atoms with Gasteiger partial charge in [0.1, 0.15) is 17.3 Å². The second-order valence-corrected chi connectivity index (χ2v) is 6.52. The Balaban J connectivity index is 2.19. The zero-order chi connectivity index (χ0) is 14.5. The molecule has 108 valence electrons. The van der Waals surface area contributed by atoms with Crippen molar-refractivity contribution in [2.24, 2.45) is 5.92 Å². The summed E-state index contributed by atoms with van der Waals surface area (Å²) < 4.78 is 6.74. The van der Waals surface area contributed by atoms with E-state index in [2.05, 4.69) is 34.3 Å². The summed E-state index contributed by atoms with van der Waals surface area (Å²) in [4.78, 5) is 3.18. The van der Waals surface area contributed by atoms with E-state index in [0.29, 0.717) is 6.61 Å². The molecule has 1 heterocycles. The smallest absolute Gasteiger partial charge is 0.130 e.